The van der Waals surface area contributed by atoms with Crippen LogP contribution >= 0.6 is 0 Å². The molecule has 1 aliphatic rings. The van der Waals surface area contributed by atoms with Crippen molar-refractivity contribution >= 4 is 5.91 Å². The van der Waals surface area contributed by atoms with Gasteiger partial charge in [0.2, 0.25) is 5.91 Å². The number of furan rings is 1. The topological polar surface area (TPSA) is 78.5 Å². The Morgan fingerprint density at radius 2 is 2.10 bits per heavy atom. The third-order valence-corrected chi connectivity index (χ3v) is 5.25. The molecule has 1 saturated heterocycles. The highest BCUT2D eigenvalue weighted by Crippen LogP contribution is 2.37. The monoisotopic (exact) mass is 395 g/mol. The number of aromatic nitrogens is 2. The number of nitrogens with one attached hydrogen (secondary N) is 1. The van der Waals surface area contributed by atoms with Crippen molar-refractivity contribution in [3.05, 3.63) is 65.9 Å². The van der Waals surface area contributed by atoms with Crippen LogP contribution < -0.4 is 10.1 Å². The molecule has 7 heteroatoms. The fourth-order valence-corrected chi connectivity index (χ4v) is 3.76. The van der Waals surface area contributed by atoms with Crippen LogP contribution in [0.4, 0.5) is 0 Å². The molecule has 0 spiro atoms. The van der Waals surface area contributed by atoms with Crippen LogP contribution in [0, 0.1) is 12.8 Å². The second-order valence-electron chi connectivity index (χ2n) is 7.20. The van der Waals surface area contributed by atoms with E-state index in [1.54, 1.807) is 18.0 Å². The van der Waals surface area contributed by atoms with Gasteiger partial charge in [0.1, 0.15) is 29.1 Å². The minimum absolute atomic E-state index is 0.0539. The Labute approximate surface area is 169 Å². The quantitative estimate of drug-likeness (QED) is 0.688. The second-order valence-corrected chi connectivity index (χ2v) is 7.20. The summed E-state index contributed by atoms with van der Waals surface area (Å²) >= 11 is 0. The standard InChI is InChI=1S/C22H25N3O4/c1-14-8-9-19(29-14)15(2)24-22(26)16-11-13-28-21(16)18-10-12-23-25(18)17-6-4-5-7-20(17)27-3/h4-10,12,15-16,21H,11,13H2,1-3H3,(H,24,26)/t15-,16+,21+/m1/s1. The van der Waals surface area contributed by atoms with Crippen molar-refractivity contribution in [2.75, 3.05) is 13.7 Å². The van der Waals surface area contributed by atoms with E-state index in [0.29, 0.717) is 18.8 Å². The molecule has 1 N–H and O–H groups in total. The number of aryl methyl sites for hydroxylation is 1. The molecule has 4 rings (SSSR count). The number of nitrogens with zero attached hydrogens (tertiary/aromatic N) is 2. The van der Waals surface area contributed by atoms with Crippen molar-refractivity contribution < 1.29 is 18.7 Å². The number of ether oxygens (including phenoxy) is 2. The van der Waals surface area contributed by atoms with Gasteiger partial charge in [-0.05, 0) is 50.6 Å². The molecule has 1 amide bonds. The van der Waals surface area contributed by atoms with Crippen LogP contribution in [-0.4, -0.2) is 29.4 Å². The number of carbonyl (C=O) groups is 1. The average molecular weight is 395 g/mol. The van der Waals surface area contributed by atoms with E-state index in [0.717, 1.165) is 22.9 Å². The summed E-state index contributed by atoms with van der Waals surface area (Å²) in [6.07, 6.45) is 1.98. The molecule has 1 fully saturated rings. The average Bonchev–Trinajstić information content (AvgIpc) is 3.47. The normalized spacial score (nSPS) is 19.8. The molecule has 0 radical (unpaired) electrons. The van der Waals surface area contributed by atoms with Gasteiger partial charge < -0.3 is 19.2 Å². The smallest absolute Gasteiger partial charge is 0.226 e. The first-order chi connectivity index (χ1) is 14.1. The van der Waals surface area contributed by atoms with Crippen LogP contribution in [0.15, 0.2) is 53.1 Å². The Kier molecular flexibility index (Phi) is 5.40. The first kappa shape index (κ1) is 19.3. The predicted molar refractivity (Wildman–Crippen MR) is 107 cm³/mol. The van der Waals surface area contributed by atoms with Gasteiger partial charge in [0.15, 0.2) is 0 Å². The summed E-state index contributed by atoms with van der Waals surface area (Å²) < 4.78 is 18.9. The third kappa shape index (κ3) is 3.78. The zero-order valence-corrected chi connectivity index (χ0v) is 16.8. The minimum atomic E-state index is -0.382. The van der Waals surface area contributed by atoms with Crippen LogP contribution in [0.3, 0.4) is 0 Å². The maximum absolute atomic E-state index is 13.0. The molecule has 152 valence electrons. The van der Waals surface area contributed by atoms with Gasteiger partial charge in [-0.15, -0.1) is 0 Å². The first-order valence-electron chi connectivity index (χ1n) is 9.74. The number of benzene rings is 1. The van der Waals surface area contributed by atoms with E-state index in [4.69, 9.17) is 13.9 Å². The molecule has 29 heavy (non-hydrogen) atoms. The predicted octanol–water partition coefficient (Wildman–Crippen LogP) is 3.74. The first-order valence-corrected chi connectivity index (χ1v) is 9.74. The number of hydrogen-bond acceptors (Lipinski definition) is 5. The zero-order valence-electron chi connectivity index (χ0n) is 16.8. The summed E-state index contributed by atoms with van der Waals surface area (Å²) in [5.74, 6) is 1.91. The van der Waals surface area contributed by atoms with Crippen molar-refractivity contribution in [3.8, 4) is 11.4 Å². The molecular formula is C22H25N3O4. The van der Waals surface area contributed by atoms with E-state index >= 15 is 0 Å². The Morgan fingerprint density at radius 3 is 2.86 bits per heavy atom. The van der Waals surface area contributed by atoms with E-state index in [9.17, 15) is 4.79 Å². The molecule has 1 aromatic carbocycles. The van der Waals surface area contributed by atoms with Gasteiger partial charge in [0.25, 0.3) is 0 Å². The molecule has 0 unspecified atom stereocenters. The summed E-state index contributed by atoms with van der Waals surface area (Å²) in [5, 5.41) is 7.51. The molecule has 7 nitrogen and oxygen atoms in total. The third-order valence-electron chi connectivity index (χ3n) is 5.25. The molecule has 3 atom stereocenters. The van der Waals surface area contributed by atoms with Crippen molar-refractivity contribution in [2.45, 2.75) is 32.4 Å². The SMILES string of the molecule is COc1ccccc1-n1nccc1[C@H]1OCC[C@@H]1C(=O)N[C@H](C)c1ccc(C)o1. The molecule has 2 aromatic heterocycles. The van der Waals surface area contributed by atoms with Crippen LogP contribution in [0.5, 0.6) is 5.75 Å². The van der Waals surface area contributed by atoms with Gasteiger partial charge in [-0.1, -0.05) is 12.1 Å². The number of rotatable bonds is 6. The molecule has 0 aliphatic carbocycles. The Balaban J connectivity index is 1.56. The lowest BCUT2D eigenvalue weighted by Crippen LogP contribution is -2.34. The van der Waals surface area contributed by atoms with Gasteiger partial charge in [0, 0.05) is 12.8 Å². The summed E-state index contributed by atoms with van der Waals surface area (Å²) in [4.78, 5) is 13.0. The maximum Gasteiger partial charge on any atom is 0.226 e. The lowest BCUT2D eigenvalue weighted by molar-refractivity contribution is -0.127. The van der Waals surface area contributed by atoms with E-state index in [1.165, 1.54) is 0 Å². The van der Waals surface area contributed by atoms with Crippen LogP contribution in [-0.2, 0) is 9.53 Å². The van der Waals surface area contributed by atoms with E-state index in [-0.39, 0.29) is 24.0 Å². The second kappa shape index (κ2) is 8.13. The van der Waals surface area contributed by atoms with E-state index in [2.05, 4.69) is 10.4 Å². The molecule has 0 saturated carbocycles. The zero-order chi connectivity index (χ0) is 20.4. The number of carbonyl (C=O) groups excluding carboxylic acids is 1. The number of hydrogen-bond donors (Lipinski definition) is 1. The van der Waals surface area contributed by atoms with Crippen molar-refractivity contribution in [3.63, 3.8) is 0 Å². The Morgan fingerprint density at radius 1 is 1.28 bits per heavy atom. The number of para-hydroxylation sites is 2. The fourth-order valence-electron chi connectivity index (χ4n) is 3.76. The van der Waals surface area contributed by atoms with E-state index in [1.807, 2.05) is 56.3 Å². The largest absolute Gasteiger partial charge is 0.494 e. The van der Waals surface area contributed by atoms with Crippen molar-refractivity contribution in [2.24, 2.45) is 5.92 Å². The van der Waals surface area contributed by atoms with Crippen molar-refractivity contribution in [1.29, 1.82) is 0 Å². The maximum atomic E-state index is 13.0. The van der Waals surface area contributed by atoms with E-state index < -0.39 is 0 Å². The van der Waals surface area contributed by atoms with Crippen molar-refractivity contribution in [1.82, 2.24) is 15.1 Å². The minimum Gasteiger partial charge on any atom is -0.494 e. The Hall–Kier alpha value is -3.06. The summed E-state index contributed by atoms with van der Waals surface area (Å²) in [6.45, 7) is 4.33. The van der Waals surface area contributed by atoms with Crippen LogP contribution in [0.2, 0.25) is 0 Å². The molecule has 1 aliphatic heterocycles. The highest BCUT2D eigenvalue weighted by Gasteiger charge is 2.38. The molecule has 0 bridgehead atoms. The Bertz CT molecular complexity index is 993. The highest BCUT2D eigenvalue weighted by atomic mass is 16.5. The van der Waals surface area contributed by atoms with Crippen LogP contribution in [0.25, 0.3) is 5.69 Å². The number of methoxy groups -OCH3 is 1. The highest BCUT2D eigenvalue weighted by molar-refractivity contribution is 5.80. The summed E-state index contributed by atoms with van der Waals surface area (Å²) in [7, 11) is 1.63. The lowest BCUT2D eigenvalue weighted by atomic mass is 9.97. The van der Waals surface area contributed by atoms with Crippen LogP contribution in [0.1, 0.15) is 42.7 Å². The van der Waals surface area contributed by atoms with Gasteiger partial charge in [-0.25, -0.2) is 4.68 Å². The van der Waals surface area contributed by atoms with Gasteiger partial charge in [-0.3, -0.25) is 4.79 Å². The lowest BCUT2D eigenvalue weighted by Gasteiger charge is -2.21. The molecule has 3 aromatic rings. The van der Waals surface area contributed by atoms with Gasteiger partial charge >= 0.3 is 0 Å². The fraction of sp³-hybridized carbons (Fsp3) is 0.364. The summed E-state index contributed by atoms with van der Waals surface area (Å²) in [6, 6.07) is 13.1. The molecule has 3 heterocycles. The van der Waals surface area contributed by atoms with Gasteiger partial charge in [0.05, 0.1) is 24.8 Å². The number of amides is 1. The van der Waals surface area contributed by atoms with Gasteiger partial charge in [-0.2, -0.15) is 5.10 Å². The molecular weight excluding hydrogens is 370 g/mol. The summed E-state index contributed by atoms with van der Waals surface area (Å²) in [5.41, 5.74) is 1.64.